The van der Waals surface area contributed by atoms with Crippen molar-refractivity contribution in [3.05, 3.63) is 22.3 Å². The van der Waals surface area contributed by atoms with Gasteiger partial charge in [0.1, 0.15) is 0 Å². The molecule has 0 unspecified atom stereocenters. The summed E-state index contributed by atoms with van der Waals surface area (Å²) in [6.07, 6.45) is 9.32. The molecule has 0 spiro atoms. The van der Waals surface area contributed by atoms with Crippen molar-refractivity contribution in [2.24, 2.45) is 17.8 Å². The van der Waals surface area contributed by atoms with Gasteiger partial charge in [0.25, 0.3) is 0 Å². The van der Waals surface area contributed by atoms with Crippen LogP contribution < -0.4 is 5.32 Å². The number of amides is 1. The third kappa shape index (κ3) is 3.00. The maximum atomic E-state index is 12.7. The van der Waals surface area contributed by atoms with Gasteiger partial charge < -0.3 is 5.32 Å². The Labute approximate surface area is 166 Å². The third-order valence-corrected chi connectivity index (χ3v) is 7.60. The minimum absolute atomic E-state index is 0.0475. The van der Waals surface area contributed by atoms with Crippen LogP contribution in [0.3, 0.4) is 0 Å². The number of halogens is 2. The highest BCUT2D eigenvalue weighted by atomic mass is 35.5. The molecule has 4 saturated carbocycles. The molecule has 0 aliphatic heterocycles. The van der Waals surface area contributed by atoms with Gasteiger partial charge in [0.15, 0.2) is 10.8 Å². The molecule has 2 aromatic heterocycles. The minimum Gasteiger partial charge on any atom is -0.350 e. The van der Waals surface area contributed by atoms with Gasteiger partial charge in [-0.3, -0.25) is 9.20 Å². The number of hydrogen-bond acceptors (Lipinski definition) is 4. The van der Waals surface area contributed by atoms with E-state index >= 15 is 0 Å². The van der Waals surface area contributed by atoms with E-state index in [9.17, 15) is 4.79 Å². The highest BCUT2D eigenvalue weighted by Gasteiger charge is 2.51. The molecule has 0 atom stereocenters. The van der Waals surface area contributed by atoms with Crippen LogP contribution in [0.5, 0.6) is 0 Å². The Hall–Kier alpha value is -0.980. The molecule has 138 valence electrons. The monoisotopic (exact) mass is 410 g/mol. The zero-order chi connectivity index (χ0) is 17.9. The maximum absolute atomic E-state index is 12.7. The maximum Gasteiger partial charge on any atom is 0.230 e. The first-order valence-corrected chi connectivity index (χ1v) is 10.9. The Morgan fingerprint density at radius 2 is 1.85 bits per heavy atom. The van der Waals surface area contributed by atoms with E-state index in [-0.39, 0.29) is 11.4 Å². The fraction of sp³-hybridized carbons (Fsp3) is 0.611. The molecule has 4 aliphatic carbocycles. The molecule has 1 amide bonds. The standard InChI is InChI=1S/C18H20Cl2N4OS/c19-13-4-14(20)16-22-23-17(24(16)8-13)26-9-15(25)21-18-5-10-1-11(6-18)3-12(2-10)7-18/h4,8,10-12H,1-3,5-7,9H2,(H,21,25). The lowest BCUT2D eigenvalue weighted by molar-refractivity contribution is -0.124. The summed E-state index contributed by atoms with van der Waals surface area (Å²) >= 11 is 13.6. The Morgan fingerprint density at radius 1 is 1.19 bits per heavy atom. The molecule has 0 saturated heterocycles. The van der Waals surface area contributed by atoms with Crippen molar-refractivity contribution < 1.29 is 4.79 Å². The first-order chi connectivity index (χ1) is 12.5. The fourth-order valence-corrected chi connectivity index (χ4v) is 6.94. The second kappa shape index (κ2) is 6.28. The van der Waals surface area contributed by atoms with Gasteiger partial charge in [-0.1, -0.05) is 35.0 Å². The summed E-state index contributed by atoms with van der Waals surface area (Å²) < 4.78 is 1.74. The molecule has 1 N–H and O–H groups in total. The minimum atomic E-state index is 0.0475. The first-order valence-electron chi connectivity index (χ1n) is 9.13. The summed E-state index contributed by atoms with van der Waals surface area (Å²) in [4.78, 5) is 12.7. The number of fused-ring (bicyclic) bond motifs is 1. The number of thioether (sulfide) groups is 1. The SMILES string of the molecule is O=C(CSc1nnc2c(Cl)cc(Cl)cn12)NC12CC3CC(CC(C3)C1)C2. The largest absolute Gasteiger partial charge is 0.350 e. The topological polar surface area (TPSA) is 59.3 Å². The van der Waals surface area contributed by atoms with Crippen molar-refractivity contribution in [1.82, 2.24) is 19.9 Å². The number of rotatable bonds is 4. The Morgan fingerprint density at radius 3 is 2.50 bits per heavy atom. The average molecular weight is 411 g/mol. The van der Waals surface area contributed by atoms with Gasteiger partial charge in [0.05, 0.1) is 15.8 Å². The van der Waals surface area contributed by atoms with Crippen molar-refractivity contribution in [3.8, 4) is 0 Å². The molecule has 8 heteroatoms. The number of hydrogen-bond donors (Lipinski definition) is 1. The van der Waals surface area contributed by atoms with E-state index in [2.05, 4.69) is 15.5 Å². The summed E-state index contributed by atoms with van der Waals surface area (Å²) in [6, 6.07) is 1.64. The molecule has 6 rings (SSSR count). The molecule has 5 nitrogen and oxygen atoms in total. The lowest BCUT2D eigenvalue weighted by atomic mass is 9.53. The number of aromatic nitrogens is 3. The number of carbonyl (C=O) groups excluding carboxylic acids is 1. The van der Waals surface area contributed by atoms with E-state index in [4.69, 9.17) is 23.2 Å². The van der Waals surface area contributed by atoms with Crippen LogP contribution in [0.2, 0.25) is 10.0 Å². The summed E-state index contributed by atoms with van der Waals surface area (Å²) in [5, 5.41) is 13.2. The second-order valence-electron chi connectivity index (χ2n) is 8.22. The Balaban J connectivity index is 1.27. The van der Waals surface area contributed by atoms with Crippen molar-refractivity contribution >= 4 is 46.5 Å². The van der Waals surface area contributed by atoms with E-state index in [0.717, 1.165) is 37.0 Å². The van der Waals surface area contributed by atoms with Gasteiger partial charge >= 0.3 is 0 Å². The van der Waals surface area contributed by atoms with Gasteiger partial charge in [0, 0.05) is 11.7 Å². The number of nitrogens with zero attached hydrogens (tertiary/aromatic N) is 3. The predicted molar refractivity (Wildman–Crippen MR) is 103 cm³/mol. The van der Waals surface area contributed by atoms with Crippen LogP contribution in [0, 0.1) is 17.8 Å². The first kappa shape index (κ1) is 17.1. The van der Waals surface area contributed by atoms with Crippen LogP contribution in [0.4, 0.5) is 0 Å². The summed E-state index contributed by atoms with van der Waals surface area (Å²) in [6.45, 7) is 0. The van der Waals surface area contributed by atoms with E-state index in [1.165, 1.54) is 31.0 Å². The molecular formula is C18H20Cl2N4OS. The molecule has 4 bridgehead atoms. The Bertz CT molecular complexity index is 848. The highest BCUT2D eigenvalue weighted by Crippen LogP contribution is 2.55. The average Bonchev–Trinajstić information content (AvgIpc) is 2.94. The molecule has 26 heavy (non-hydrogen) atoms. The van der Waals surface area contributed by atoms with Gasteiger partial charge in [-0.15, -0.1) is 10.2 Å². The zero-order valence-corrected chi connectivity index (χ0v) is 16.6. The van der Waals surface area contributed by atoms with Crippen LogP contribution in [0.25, 0.3) is 5.65 Å². The Kier molecular flexibility index (Phi) is 4.14. The van der Waals surface area contributed by atoms with Gasteiger partial charge in [-0.05, 0) is 62.3 Å². The van der Waals surface area contributed by atoms with Crippen LogP contribution >= 0.6 is 35.0 Å². The predicted octanol–water partition coefficient (Wildman–Crippen LogP) is 4.21. The van der Waals surface area contributed by atoms with Gasteiger partial charge in [-0.25, -0.2) is 0 Å². The molecule has 0 aromatic carbocycles. The number of pyridine rings is 1. The molecule has 0 radical (unpaired) electrons. The van der Waals surface area contributed by atoms with Crippen LogP contribution in [-0.4, -0.2) is 31.8 Å². The van der Waals surface area contributed by atoms with Crippen molar-refractivity contribution in [2.45, 2.75) is 49.2 Å². The molecule has 2 heterocycles. The van der Waals surface area contributed by atoms with Crippen molar-refractivity contribution in [1.29, 1.82) is 0 Å². The van der Waals surface area contributed by atoms with Crippen LogP contribution in [-0.2, 0) is 4.79 Å². The van der Waals surface area contributed by atoms with E-state index in [0.29, 0.717) is 26.6 Å². The van der Waals surface area contributed by atoms with Crippen LogP contribution in [0.1, 0.15) is 38.5 Å². The molecular weight excluding hydrogens is 391 g/mol. The van der Waals surface area contributed by atoms with E-state index in [1.54, 1.807) is 16.7 Å². The van der Waals surface area contributed by atoms with Crippen molar-refractivity contribution in [3.63, 3.8) is 0 Å². The van der Waals surface area contributed by atoms with Gasteiger partial charge in [-0.2, -0.15) is 0 Å². The number of carbonyl (C=O) groups is 1. The molecule has 4 fully saturated rings. The molecule has 4 aliphatic rings. The summed E-state index contributed by atoms with van der Waals surface area (Å²) in [7, 11) is 0. The quantitative estimate of drug-likeness (QED) is 0.766. The fourth-order valence-electron chi connectivity index (χ4n) is 5.73. The van der Waals surface area contributed by atoms with Crippen molar-refractivity contribution in [2.75, 3.05) is 5.75 Å². The second-order valence-corrected chi connectivity index (χ2v) is 10.0. The lowest BCUT2D eigenvalue weighted by Gasteiger charge is -2.56. The highest BCUT2D eigenvalue weighted by molar-refractivity contribution is 7.99. The van der Waals surface area contributed by atoms with E-state index < -0.39 is 0 Å². The third-order valence-electron chi connectivity index (χ3n) is 6.17. The zero-order valence-electron chi connectivity index (χ0n) is 14.3. The van der Waals surface area contributed by atoms with Crippen LogP contribution in [0.15, 0.2) is 17.4 Å². The molecule has 2 aromatic rings. The van der Waals surface area contributed by atoms with Gasteiger partial charge in [0.2, 0.25) is 5.91 Å². The normalized spacial score (nSPS) is 32.3. The summed E-state index contributed by atoms with van der Waals surface area (Å²) in [5.41, 5.74) is 0.603. The number of nitrogens with one attached hydrogen (secondary N) is 1. The lowest BCUT2D eigenvalue weighted by Crippen LogP contribution is -2.60. The smallest absolute Gasteiger partial charge is 0.230 e. The van der Waals surface area contributed by atoms with E-state index in [1.807, 2.05) is 0 Å². The summed E-state index contributed by atoms with van der Waals surface area (Å²) in [5.74, 6) is 2.87.